The number of likely N-dealkylation sites (tertiary alicyclic amines) is 1. The molecule has 0 aromatic heterocycles. The molecular formula is C13H22N2O4. The van der Waals surface area contributed by atoms with Gasteiger partial charge < -0.3 is 20.1 Å². The highest BCUT2D eigenvalue weighted by Gasteiger charge is 2.22. The van der Waals surface area contributed by atoms with E-state index >= 15 is 0 Å². The average Bonchev–Trinajstić information content (AvgIpc) is 2.42. The van der Waals surface area contributed by atoms with E-state index in [-0.39, 0.29) is 6.61 Å². The molecule has 6 heteroatoms. The molecule has 0 bridgehead atoms. The van der Waals surface area contributed by atoms with E-state index in [4.69, 9.17) is 9.84 Å². The number of alkyl carbamates (subject to hydrolysis) is 1. The summed E-state index contributed by atoms with van der Waals surface area (Å²) in [5.74, 6) is -1.03. The van der Waals surface area contributed by atoms with Gasteiger partial charge in [0.1, 0.15) is 12.6 Å². The number of rotatable bonds is 7. The van der Waals surface area contributed by atoms with Gasteiger partial charge in [-0.3, -0.25) is 0 Å². The fourth-order valence-corrected chi connectivity index (χ4v) is 2.07. The molecule has 0 aromatic carbocycles. The molecule has 108 valence electrons. The van der Waals surface area contributed by atoms with Gasteiger partial charge in [0.15, 0.2) is 0 Å². The number of carboxylic acids is 1. The van der Waals surface area contributed by atoms with E-state index in [0.717, 1.165) is 25.9 Å². The quantitative estimate of drug-likeness (QED) is 0.680. The van der Waals surface area contributed by atoms with E-state index < -0.39 is 18.1 Å². The van der Waals surface area contributed by atoms with Crippen LogP contribution < -0.4 is 5.32 Å². The van der Waals surface area contributed by atoms with Gasteiger partial charge in [0.25, 0.3) is 0 Å². The van der Waals surface area contributed by atoms with Crippen molar-refractivity contribution < 1.29 is 19.4 Å². The molecule has 1 atom stereocenters. The summed E-state index contributed by atoms with van der Waals surface area (Å²) in [4.78, 5) is 24.6. The summed E-state index contributed by atoms with van der Waals surface area (Å²) in [5, 5.41) is 11.4. The standard InChI is InChI=1S/C13H22N2O4/c1-2-10-19-13(18)14-11(12(16)17)6-9-15-7-4-3-5-8-15/h2,11H,1,3-10H2,(H,14,18)(H,16,17). The van der Waals surface area contributed by atoms with Crippen LogP contribution in [0.15, 0.2) is 12.7 Å². The Bertz CT molecular complexity index is 314. The van der Waals surface area contributed by atoms with Crippen molar-refractivity contribution in [1.82, 2.24) is 10.2 Å². The van der Waals surface area contributed by atoms with Crippen LogP contribution >= 0.6 is 0 Å². The highest BCUT2D eigenvalue weighted by atomic mass is 16.5. The number of carbonyl (C=O) groups is 2. The van der Waals surface area contributed by atoms with Gasteiger partial charge in [0.2, 0.25) is 0 Å². The average molecular weight is 270 g/mol. The van der Waals surface area contributed by atoms with Crippen LogP contribution in [0, 0.1) is 0 Å². The summed E-state index contributed by atoms with van der Waals surface area (Å²) in [7, 11) is 0. The molecule has 1 unspecified atom stereocenters. The Balaban J connectivity index is 2.32. The Kier molecular flexibility index (Phi) is 6.95. The van der Waals surface area contributed by atoms with E-state index in [2.05, 4.69) is 16.8 Å². The first-order chi connectivity index (χ1) is 9.13. The van der Waals surface area contributed by atoms with Crippen LogP contribution in [0.1, 0.15) is 25.7 Å². The summed E-state index contributed by atoms with van der Waals surface area (Å²) >= 11 is 0. The summed E-state index contributed by atoms with van der Waals surface area (Å²) in [6, 6.07) is -0.903. The molecular weight excluding hydrogens is 248 g/mol. The Labute approximate surface area is 113 Å². The first-order valence-electron chi connectivity index (χ1n) is 6.63. The molecule has 1 saturated heterocycles. The van der Waals surface area contributed by atoms with Gasteiger partial charge in [0, 0.05) is 6.54 Å². The Morgan fingerprint density at radius 2 is 2.05 bits per heavy atom. The van der Waals surface area contributed by atoms with Crippen molar-refractivity contribution >= 4 is 12.1 Å². The molecule has 1 amide bonds. The van der Waals surface area contributed by atoms with Crippen molar-refractivity contribution in [2.45, 2.75) is 31.7 Å². The van der Waals surface area contributed by atoms with Crippen molar-refractivity contribution in [1.29, 1.82) is 0 Å². The number of carbonyl (C=O) groups excluding carboxylic acids is 1. The van der Waals surface area contributed by atoms with Crippen LogP contribution in [-0.4, -0.2) is 54.4 Å². The number of nitrogens with zero attached hydrogens (tertiary/aromatic N) is 1. The van der Waals surface area contributed by atoms with Crippen molar-refractivity contribution in [3.63, 3.8) is 0 Å². The van der Waals surface area contributed by atoms with Crippen molar-refractivity contribution in [3.05, 3.63) is 12.7 Å². The highest BCUT2D eigenvalue weighted by Crippen LogP contribution is 2.09. The number of piperidine rings is 1. The van der Waals surface area contributed by atoms with E-state index in [1.54, 1.807) is 0 Å². The Morgan fingerprint density at radius 3 is 2.63 bits per heavy atom. The summed E-state index contributed by atoms with van der Waals surface area (Å²) in [6.45, 7) is 6.18. The third-order valence-corrected chi connectivity index (χ3v) is 3.11. The highest BCUT2D eigenvalue weighted by molar-refractivity contribution is 5.79. The normalized spacial score (nSPS) is 17.5. The number of amides is 1. The predicted molar refractivity (Wildman–Crippen MR) is 71.0 cm³/mol. The van der Waals surface area contributed by atoms with E-state index in [9.17, 15) is 9.59 Å². The van der Waals surface area contributed by atoms with Crippen molar-refractivity contribution in [2.75, 3.05) is 26.2 Å². The van der Waals surface area contributed by atoms with Crippen LogP contribution in [0.2, 0.25) is 0 Å². The zero-order chi connectivity index (χ0) is 14.1. The second-order valence-corrected chi connectivity index (χ2v) is 4.61. The summed E-state index contributed by atoms with van der Waals surface area (Å²) < 4.78 is 4.72. The van der Waals surface area contributed by atoms with Gasteiger partial charge in [-0.15, -0.1) is 0 Å². The maximum atomic E-state index is 11.3. The van der Waals surface area contributed by atoms with E-state index in [0.29, 0.717) is 13.0 Å². The lowest BCUT2D eigenvalue weighted by Crippen LogP contribution is -2.44. The zero-order valence-corrected chi connectivity index (χ0v) is 11.1. The van der Waals surface area contributed by atoms with E-state index in [1.807, 2.05) is 0 Å². The predicted octanol–water partition coefficient (Wildman–Crippen LogP) is 1.23. The van der Waals surface area contributed by atoms with Gasteiger partial charge in [-0.25, -0.2) is 9.59 Å². The maximum absolute atomic E-state index is 11.3. The molecule has 0 aliphatic carbocycles. The zero-order valence-electron chi connectivity index (χ0n) is 11.1. The summed E-state index contributed by atoms with van der Waals surface area (Å²) in [5.41, 5.74) is 0. The molecule has 0 spiro atoms. The van der Waals surface area contributed by atoms with Gasteiger partial charge >= 0.3 is 12.1 Å². The number of nitrogens with one attached hydrogen (secondary N) is 1. The molecule has 1 aliphatic rings. The molecule has 1 fully saturated rings. The molecule has 1 aliphatic heterocycles. The lowest BCUT2D eigenvalue weighted by Gasteiger charge is -2.27. The first-order valence-corrected chi connectivity index (χ1v) is 6.63. The molecule has 6 nitrogen and oxygen atoms in total. The SMILES string of the molecule is C=CCOC(=O)NC(CCN1CCCCC1)C(=O)O. The fraction of sp³-hybridized carbons (Fsp3) is 0.692. The van der Waals surface area contributed by atoms with Crippen LogP contribution in [-0.2, 0) is 9.53 Å². The lowest BCUT2D eigenvalue weighted by atomic mass is 10.1. The molecule has 0 saturated carbocycles. The largest absolute Gasteiger partial charge is 0.480 e. The first kappa shape index (κ1) is 15.5. The van der Waals surface area contributed by atoms with Crippen LogP contribution in [0.3, 0.4) is 0 Å². The maximum Gasteiger partial charge on any atom is 0.408 e. The van der Waals surface area contributed by atoms with Gasteiger partial charge in [-0.05, 0) is 32.4 Å². The second kappa shape index (κ2) is 8.53. The minimum absolute atomic E-state index is 0.0737. The number of hydrogen-bond acceptors (Lipinski definition) is 4. The third kappa shape index (κ3) is 6.24. The number of aliphatic carboxylic acids is 1. The minimum atomic E-state index is -1.03. The Morgan fingerprint density at radius 1 is 1.37 bits per heavy atom. The molecule has 1 rings (SSSR count). The fourth-order valence-electron chi connectivity index (χ4n) is 2.07. The number of hydrogen-bond donors (Lipinski definition) is 2. The van der Waals surface area contributed by atoms with Gasteiger partial charge in [-0.1, -0.05) is 19.1 Å². The number of ether oxygens (including phenoxy) is 1. The Hall–Kier alpha value is -1.56. The lowest BCUT2D eigenvalue weighted by molar-refractivity contribution is -0.139. The van der Waals surface area contributed by atoms with E-state index in [1.165, 1.54) is 12.5 Å². The van der Waals surface area contributed by atoms with Crippen LogP contribution in [0.4, 0.5) is 4.79 Å². The topological polar surface area (TPSA) is 78.9 Å². The van der Waals surface area contributed by atoms with Crippen LogP contribution in [0.25, 0.3) is 0 Å². The second-order valence-electron chi connectivity index (χ2n) is 4.61. The minimum Gasteiger partial charge on any atom is -0.480 e. The van der Waals surface area contributed by atoms with Crippen LogP contribution in [0.5, 0.6) is 0 Å². The van der Waals surface area contributed by atoms with Crippen molar-refractivity contribution in [3.8, 4) is 0 Å². The molecule has 1 heterocycles. The van der Waals surface area contributed by atoms with Gasteiger partial charge in [0.05, 0.1) is 0 Å². The smallest absolute Gasteiger partial charge is 0.408 e. The summed E-state index contributed by atoms with van der Waals surface area (Å²) in [6.07, 6.45) is 4.66. The third-order valence-electron chi connectivity index (χ3n) is 3.11. The van der Waals surface area contributed by atoms with Crippen molar-refractivity contribution in [2.24, 2.45) is 0 Å². The monoisotopic (exact) mass is 270 g/mol. The molecule has 2 N–H and O–H groups in total. The number of carboxylic acid groups (broad SMARTS) is 1. The molecule has 0 aromatic rings. The van der Waals surface area contributed by atoms with Gasteiger partial charge in [-0.2, -0.15) is 0 Å². The molecule has 0 radical (unpaired) electrons. The molecule has 19 heavy (non-hydrogen) atoms.